The molecule has 6 heteroatoms. The lowest BCUT2D eigenvalue weighted by Gasteiger charge is -2.29. The van der Waals surface area contributed by atoms with Crippen LogP contribution in [0.15, 0.2) is 22.7 Å². The Morgan fingerprint density at radius 1 is 1.52 bits per heavy atom. The second-order valence-corrected chi connectivity index (χ2v) is 5.98. The highest BCUT2D eigenvalue weighted by atomic mass is 79.9. The van der Waals surface area contributed by atoms with Crippen molar-refractivity contribution in [2.45, 2.75) is 19.5 Å². The zero-order valence-corrected chi connectivity index (χ0v) is 13.8. The van der Waals surface area contributed by atoms with Crippen molar-refractivity contribution in [3.05, 3.63) is 28.2 Å². The molecular formula is C15H20BrNO4. The molecule has 2 unspecified atom stereocenters. The molecule has 1 aromatic rings. The normalized spacial score (nSPS) is 21.7. The summed E-state index contributed by atoms with van der Waals surface area (Å²) >= 11 is 3.46. The molecule has 0 spiro atoms. The molecule has 2 atom stereocenters. The van der Waals surface area contributed by atoms with E-state index in [0.717, 1.165) is 22.3 Å². The van der Waals surface area contributed by atoms with Crippen LogP contribution in [0.1, 0.15) is 12.5 Å². The number of carbonyl (C=O) groups is 1. The van der Waals surface area contributed by atoms with E-state index in [1.807, 2.05) is 25.1 Å². The monoisotopic (exact) mass is 357 g/mol. The highest BCUT2D eigenvalue weighted by molar-refractivity contribution is 9.10. The van der Waals surface area contributed by atoms with E-state index in [4.69, 9.17) is 9.47 Å². The van der Waals surface area contributed by atoms with Crippen LogP contribution < -0.4 is 4.74 Å². The van der Waals surface area contributed by atoms with E-state index in [-0.39, 0.29) is 12.6 Å². The molecule has 21 heavy (non-hydrogen) atoms. The number of methoxy groups -OCH3 is 1. The molecule has 2 rings (SSSR count). The number of nitrogens with zero attached hydrogens (tertiary/aromatic N) is 1. The zero-order chi connectivity index (χ0) is 15.4. The number of ether oxygens (including phenoxy) is 2. The molecule has 0 aromatic heterocycles. The molecule has 116 valence electrons. The molecule has 1 heterocycles. The number of carboxylic acid groups (broad SMARTS) is 1. The molecule has 1 fully saturated rings. The van der Waals surface area contributed by atoms with E-state index in [0.29, 0.717) is 13.2 Å². The van der Waals surface area contributed by atoms with Gasteiger partial charge in [-0.25, -0.2) is 0 Å². The van der Waals surface area contributed by atoms with Gasteiger partial charge in [-0.05, 0) is 24.7 Å². The molecule has 1 aliphatic heterocycles. The van der Waals surface area contributed by atoms with Crippen LogP contribution in [0.2, 0.25) is 0 Å². The molecule has 1 aliphatic rings. The quantitative estimate of drug-likeness (QED) is 0.846. The number of carboxylic acids is 1. The minimum absolute atomic E-state index is 0.101. The van der Waals surface area contributed by atoms with Gasteiger partial charge in [0.15, 0.2) is 0 Å². The van der Waals surface area contributed by atoms with Crippen LogP contribution in [-0.4, -0.2) is 48.9 Å². The number of halogens is 1. The molecule has 0 aliphatic carbocycles. The van der Waals surface area contributed by atoms with Gasteiger partial charge in [-0.3, -0.25) is 9.69 Å². The van der Waals surface area contributed by atoms with Gasteiger partial charge in [0, 0.05) is 22.6 Å². The number of aliphatic carboxylic acids is 1. The fourth-order valence-electron chi connectivity index (χ4n) is 2.69. The number of hydrogen-bond acceptors (Lipinski definition) is 4. The SMILES string of the molecule is CCN(Cc1cc(Br)ccc1OC)C1COCC1C(=O)O. The highest BCUT2D eigenvalue weighted by Crippen LogP contribution is 2.27. The van der Waals surface area contributed by atoms with Crippen molar-refractivity contribution >= 4 is 21.9 Å². The van der Waals surface area contributed by atoms with Crippen molar-refractivity contribution in [3.63, 3.8) is 0 Å². The predicted octanol–water partition coefficient (Wildman–Crippen LogP) is 2.38. The van der Waals surface area contributed by atoms with Crippen molar-refractivity contribution in [1.29, 1.82) is 0 Å². The first kappa shape index (κ1) is 16.3. The van der Waals surface area contributed by atoms with Crippen LogP contribution in [0.4, 0.5) is 0 Å². The third-order valence-corrected chi connectivity index (χ3v) is 4.35. The lowest BCUT2D eigenvalue weighted by Crippen LogP contribution is -2.42. The van der Waals surface area contributed by atoms with E-state index < -0.39 is 11.9 Å². The Balaban J connectivity index is 2.19. The van der Waals surface area contributed by atoms with Crippen LogP contribution in [0.25, 0.3) is 0 Å². The predicted molar refractivity (Wildman–Crippen MR) is 82.5 cm³/mol. The van der Waals surface area contributed by atoms with Crippen molar-refractivity contribution in [2.24, 2.45) is 5.92 Å². The Morgan fingerprint density at radius 2 is 2.29 bits per heavy atom. The van der Waals surface area contributed by atoms with Crippen molar-refractivity contribution in [2.75, 3.05) is 26.9 Å². The second kappa shape index (κ2) is 7.24. The molecule has 0 bridgehead atoms. The Kier molecular flexibility index (Phi) is 5.61. The van der Waals surface area contributed by atoms with Crippen LogP contribution in [0.3, 0.4) is 0 Å². The largest absolute Gasteiger partial charge is 0.496 e. The van der Waals surface area contributed by atoms with Gasteiger partial charge in [0.05, 0.1) is 26.2 Å². The lowest BCUT2D eigenvalue weighted by molar-refractivity contribution is -0.143. The van der Waals surface area contributed by atoms with Gasteiger partial charge < -0.3 is 14.6 Å². The van der Waals surface area contributed by atoms with E-state index in [9.17, 15) is 9.90 Å². The third-order valence-electron chi connectivity index (χ3n) is 3.86. The summed E-state index contributed by atoms with van der Waals surface area (Å²) in [5.74, 6) is -0.456. The number of rotatable bonds is 6. The molecule has 0 radical (unpaired) electrons. The molecule has 5 nitrogen and oxygen atoms in total. The highest BCUT2D eigenvalue weighted by Gasteiger charge is 2.37. The van der Waals surface area contributed by atoms with Crippen LogP contribution in [0, 0.1) is 5.92 Å². The molecule has 1 aromatic carbocycles. The molecule has 0 amide bonds. The van der Waals surface area contributed by atoms with Crippen molar-refractivity contribution in [3.8, 4) is 5.75 Å². The van der Waals surface area contributed by atoms with Gasteiger partial charge in [0.1, 0.15) is 5.75 Å². The first-order chi connectivity index (χ1) is 10.1. The summed E-state index contributed by atoms with van der Waals surface area (Å²) < 4.78 is 11.7. The fourth-order valence-corrected chi connectivity index (χ4v) is 3.10. The average Bonchev–Trinajstić information content (AvgIpc) is 2.94. The lowest BCUT2D eigenvalue weighted by atomic mass is 10.0. The van der Waals surface area contributed by atoms with Gasteiger partial charge >= 0.3 is 5.97 Å². The number of likely N-dealkylation sites (N-methyl/N-ethyl adjacent to an activating group) is 1. The fraction of sp³-hybridized carbons (Fsp3) is 0.533. The third kappa shape index (κ3) is 3.75. The summed E-state index contributed by atoms with van der Waals surface area (Å²) in [4.78, 5) is 13.5. The van der Waals surface area contributed by atoms with Gasteiger partial charge in [-0.2, -0.15) is 0 Å². The Bertz CT molecular complexity index is 508. The minimum Gasteiger partial charge on any atom is -0.496 e. The first-order valence-corrected chi connectivity index (χ1v) is 7.73. The maximum absolute atomic E-state index is 11.3. The maximum atomic E-state index is 11.3. The zero-order valence-electron chi connectivity index (χ0n) is 12.2. The smallest absolute Gasteiger partial charge is 0.310 e. The van der Waals surface area contributed by atoms with Crippen molar-refractivity contribution in [1.82, 2.24) is 4.90 Å². The van der Waals surface area contributed by atoms with Gasteiger partial charge in [0.2, 0.25) is 0 Å². The summed E-state index contributed by atoms with van der Waals surface area (Å²) in [6.07, 6.45) is 0. The number of benzene rings is 1. The molecule has 0 saturated carbocycles. The molecule has 1 N–H and O–H groups in total. The van der Waals surface area contributed by atoms with Crippen LogP contribution >= 0.6 is 15.9 Å². The maximum Gasteiger partial charge on any atom is 0.310 e. The van der Waals surface area contributed by atoms with E-state index in [1.165, 1.54) is 0 Å². The van der Waals surface area contributed by atoms with E-state index in [2.05, 4.69) is 20.8 Å². The summed E-state index contributed by atoms with van der Waals surface area (Å²) in [5.41, 5.74) is 1.03. The standard InChI is InChI=1S/C15H20BrNO4/c1-3-17(13-9-21-8-12(13)15(18)19)7-10-6-11(16)4-5-14(10)20-2/h4-6,12-13H,3,7-9H2,1-2H3,(H,18,19). The summed E-state index contributed by atoms with van der Waals surface area (Å²) in [7, 11) is 1.64. The molecular weight excluding hydrogens is 338 g/mol. The number of hydrogen-bond donors (Lipinski definition) is 1. The summed E-state index contributed by atoms with van der Waals surface area (Å²) in [5, 5.41) is 9.30. The Morgan fingerprint density at radius 3 is 2.90 bits per heavy atom. The van der Waals surface area contributed by atoms with Crippen LogP contribution in [0.5, 0.6) is 5.75 Å². The topological polar surface area (TPSA) is 59.0 Å². The first-order valence-electron chi connectivity index (χ1n) is 6.93. The van der Waals surface area contributed by atoms with E-state index >= 15 is 0 Å². The van der Waals surface area contributed by atoms with Gasteiger partial charge in [-0.15, -0.1) is 0 Å². The van der Waals surface area contributed by atoms with E-state index in [1.54, 1.807) is 7.11 Å². The molecule has 1 saturated heterocycles. The average molecular weight is 358 g/mol. The van der Waals surface area contributed by atoms with Gasteiger partial charge in [0.25, 0.3) is 0 Å². The van der Waals surface area contributed by atoms with Crippen LogP contribution in [-0.2, 0) is 16.1 Å². The summed E-state index contributed by atoms with van der Waals surface area (Å²) in [6, 6.07) is 5.74. The Labute approximate surface area is 133 Å². The second-order valence-electron chi connectivity index (χ2n) is 5.07. The Hall–Kier alpha value is -1.11. The minimum atomic E-state index is -0.794. The van der Waals surface area contributed by atoms with Crippen molar-refractivity contribution < 1.29 is 19.4 Å². The summed E-state index contributed by atoms with van der Waals surface area (Å²) in [6.45, 7) is 4.17. The van der Waals surface area contributed by atoms with Gasteiger partial charge in [-0.1, -0.05) is 22.9 Å².